The van der Waals surface area contributed by atoms with E-state index in [9.17, 15) is 23.1 Å². The van der Waals surface area contributed by atoms with E-state index in [1.165, 1.54) is 18.2 Å². The summed E-state index contributed by atoms with van der Waals surface area (Å²) in [6.07, 6.45) is -0.258. The fraction of sp³-hybridized carbons (Fsp3) is 0.455. The number of benzene rings is 1. The summed E-state index contributed by atoms with van der Waals surface area (Å²) in [4.78, 5) is 17.7. The summed E-state index contributed by atoms with van der Waals surface area (Å²) in [5.41, 5.74) is 2.41. The SMILES string of the molecule is CC1(O)C[N+]1(C)C(=O)c1ncc(Nc2cccc(OC(F)(F)F)c2)c2c1C1CCC2C1. The first-order valence-corrected chi connectivity index (χ1v) is 10.3. The fourth-order valence-corrected chi connectivity index (χ4v) is 5.18. The number of halogens is 3. The molecule has 2 fully saturated rings. The number of nitrogens with one attached hydrogen (secondary N) is 1. The molecule has 2 heterocycles. The predicted molar refractivity (Wildman–Crippen MR) is 106 cm³/mol. The molecule has 1 aliphatic heterocycles. The van der Waals surface area contributed by atoms with Gasteiger partial charge in [-0.3, -0.25) is 0 Å². The Hall–Kier alpha value is -2.65. The number of hydrogen-bond acceptors (Lipinski definition) is 5. The largest absolute Gasteiger partial charge is 0.573 e. The number of aliphatic hydroxyl groups is 1. The lowest BCUT2D eigenvalue weighted by Crippen LogP contribution is -2.38. The van der Waals surface area contributed by atoms with Crippen LogP contribution in [0.4, 0.5) is 24.5 Å². The van der Waals surface area contributed by atoms with Crippen LogP contribution in [0.5, 0.6) is 5.75 Å². The Labute approximate surface area is 177 Å². The van der Waals surface area contributed by atoms with E-state index >= 15 is 0 Å². The Morgan fingerprint density at radius 2 is 1.97 bits per heavy atom. The maximum absolute atomic E-state index is 13.2. The van der Waals surface area contributed by atoms with E-state index in [-0.39, 0.29) is 28.0 Å². The number of likely N-dealkylation sites (N-methyl/N-ethyl adjacent to an activating group) is 1. The summed E-state index contributed by atoms with van der Waals surface area (Å²) in [5.74, 6) is 0.0220. The summed E-state index contributed by atoms with van der Waals surface area (Å²) in [7, 11) is 1.71. The monoisotopic (exact) mass is 434 g/mol. The van der Waals surface area contributed by atoms with Crippen LogP contribution in [0.2, 0.25) is 0 Å². The van der Waals surface area contributed by atoms with Gasteiger partial charge in [0.15, 0.2) is 12.2 Å². The quantitative estimate of drug-likeness (QED) is 0.552. The second-order valence-electron chi connectivity index (χ2n) is 9.13. The highest BCUT2D eigenvalue weighted by Crippen LogP contribution is 2.57. The highest BCUT2D eigenvalue weighted by Gasteiger charge is 2.69. The Bertz CT molecular complexity index is 1090. The van der Waals surface area contributed by atoms with Gasteiger partial charge >= 0.3 is 12.3 Å². The van der Waals surface area contributed by atoms with E-state index < -0.39 is 12.1 Å². The van der Waals surface area contributed by atoms with Crippen molar-refractivity contribution in [3.05, 3.63) is 47.3 Å². The zero-order valence-corrected chi connectivity index (χ0v) is 17.2. The molecule has 1 saturated carbocycles. The minimum absolute atomic E-state index is 0.0899. The molecule has 1 aromatic heterocycles. The maximum atomic E-state index is 13.2. The molecule has 3 aliphatic rings. The number of rotatable bonds is 4. The molecule has 1 amide bonds. The average Bonchev–Trinajstić information content (AvgIpc) is 3.06. The van der Waals surface area contributed by atoms with Gasteiger partial charge in [-0.2, -0.15) is 0 Å². The number of ether oxygens (including phenoxy) is 1. The molecule has 0 radical (unpaired) electrons. The molecule has 6 nitrogen and oxygen atoms in total. The molecule has 5 rings (SSSR count). The minimum atomic E-state index is -4.76. The summed E-state index contributed by atoms with van der Waals surface area (Å²) in [5, 5.41) is 13.5. The number of fused-ring (bicyclic) bond motifs is 5. The molecule has 1 saturated heterocycles. The van der Waals surface area contributed by atoms with Crippen LogP contribution in [-0.4, -0.2) is 46.2 Å². The van der Waals surface area contributed by atoms with E-state index in [1.54, 1.807) is 26.2 Å². The Morgan fingerprint density at radius 3 is 2.61 bits per heavy atom. The van der Waals surface area contributed by atoms with Crippen molar-refractivity contribution in [2.24, 2.45) is 0 Å². The zero-order valence-electron chi connectivity index (χ0n) is 17.2. The van der Waals surface area contributed by atoms with Crippen LogP contribution < -0.4 is 10.1 Å². The molecule has 2 aliphatic carbocycles. The minimum Gasteiger partial charge on any atom is -0.406 e. The molecule has 164 valence electrons. The lowest BCUT2D eigenvalue weighted by molar-refractivity contribution is -0.740. The van der Waals surface area contributed by atoms with Gasteiger partial charge in [-0.25, -0.2) is 14.3 Å². The van der Waals surface area contributed by atoms with Gasteiger partial charge in [-0.15, -0.1) is 13.2 Å². The standard InChI is InChI=1S/C22H22F3N3O3/c1-21(30)11-28(21,2)20(29)19-18-13-7-6-12(8-13)17(18)16(10-26-19)27-14-4-3-5-15(9-14)31-22(23,24)25/h3-5,9-10,12-13,30H,6-8,11H2,1-2H3/p+1. The van der Waals surface area contributed by atoms with Crippen LogP contribution in [0.1, 0.15) is 59.6 Å². The number of carbonyl (C=O) groups excluding carboxylic acids is 1. The molecule has 4 atom stereocenters. The topological polar surface area (TPSA) is 71.5 Å². The van der Waals surface area contributed by atoms with Crippen molar-refractivity contribution in [3.8, 4) is 5.75 Å². The van der Waals surface area contributed by atoms with Gasteiger partial charge in [0.2, 0.25) is 0 Å². The van der Waals surface area contributed by atoms with E-state index in [0.717, 1.165) is 30.4 Å². The van der Waals surface area contributed by atoms with Crippen molar-refractivity contribution in [1.29, 1.82) is 0 Å². The van der Waals surface area contributed by atoms with E-state index in [0.29, 0.717) is 23.6 Å². The van der Waals surface area contributed by atoms with Crippen LogP contribution >= 0.6 is 0 Å². The number of aromatic nitrogens is 1. The third-order valence-corrected chi connectivity index (χ3v) is 6.98. The van der Waals surface area contributed by atoms with E-state index in [4.69, 9.17) is 0 Å². The van der Waals surface area contributed by atoms with Gasteiger partial charge in [0.05, 0.1) is 18.9 Å². The van der Waals surface area contributed by atoms with Crippen molar-refractivity contribution < 1.29 is 32.3 Å². The van der Waals surface area contributed by atoms with Crippen LogP contribution in [0.15, 0.2) is 30.5 Å². The number of pyridine rings is 1. The van der Waals surface area contributed by atoms with Crippen LogP contribution in [0.25, 0.3) is 0 Å². The molecule has 1 aromatic carbocycles. The first kappa shape index (κ1) is 20.3. The zero-order chi connectivity index (χ0) is 22.2. The van der Waals surface area contributed by atoms with Gasteiger partial charge in [0.25, 0.3) is 5.72 Å². The maximum Gasteiger partial charge on any atom is 0.573 e. The summed E-state index contributed by atoms with van der Waals surface area (Å²) in [6, 6.07) is 5.66. The molecule has 31 heavy (non-hydrogen) atoms. The average molecular weight is 434 g/mol. The van der Waals surface area contributed by atoms with Crippen molar-refractivity contribution >= 4 is 17.3 Å². The second kappa shape index (κ2) is 6.43. The number of quaternary nitrogens is 1. The molecule has 9 heteroatoms. The molecule has 4 unspecified atom stereocenters. The van der Waals surface area contributed by atoms with Gasteiger partial charge in [0, 0.05) is 18.7 Å². The van der Waals surface area contributed by atoms with Crippen molar-refractivity contribution in [3.63, 3.8) is 0 Å². The van der Waals surface area contributed by atoms with E-state index in [2.05, 4.69) is 15.0 Å². The predicted octanol–water partition coefficient (Wildman–Crippen LogP) is 4.40. The number of alkyl halides is 3. The van der Waals surface area contributed by atoms with Crippen molar-refractivity contribution in [2.45, 2.75) is 50.1 Å². The first-order chi connectivity index (χ1) is 14.5. The summed E-state index contributed by atoms with van der Waals surface area (Å²) < 4.78 is 41.6. The van der Waals surface area contributed by atoms with Gasteiger partial charge in [0.1, 0.15) is 5.75 Å². The number of anilines is 2. The molecular weight excluding hydrogens is 411 g/mol. The lowest BCUT2D eigenvalue weighted by Gasteiger charge is -2.23. The first-order valence-electron chi connectivity index (χ1n) is 10.3. The van der Waals surface area contributed by atoms with Crippen LogP contribution in [0.3, 0.4) is 0 Å². The third-order valence-electron chi connectivity index (χ3n) is 6.98. The van der Waals surface area contributed by atoms with Gasteiger partial charge in [-0.05, 0) is 54.4 Å². The van der Waals surface area contributed by atoms with Crippen molar-refractivity contribution in [2.75, 3.05) is 18.9 Å². The molecule has 0 spiro atoms. The highest BCUT2D eigenvalue weighted by atomic mass is 19.4. The smallest absolute Gasteiger partial charge is 0.406 e. The van der Waals surface area contributed by atoms with E-state index in [1.807, 2.05) is 0 Å². The second-order valence-corrected chi connectivity index (χ2v) is 9.13. The number of nitrogens with zero attached hydrogens (tertiary/aromatic N) is 2. The number of carbonyl (C=O) groups is 1. The fourth-order valence-electron chi connectivity index (χ4n) is 5.18. The Kier molecular flexibility index (Phi) is 4.20. The van der Waals surface area contributed by atoms with Crippen LogP contribution in [0, 0.1) is 0 Å². The third kappa shape index (κ3) is 3.27. The molecule has 2 N–H and O–H groups in total. The number of amides is 1. The Morgan fingerprint density at radius 1 is 1.29 bits per heavy atom. The summed E-state index contributed by atoms with van der Waals surface area (Å²) >= 11 is 0. The van der Waals surface area contributed by atoms with Crippen LogP contribution in [-0.2, 0) is 0 Å². The molecular formula is C22H23F3N3O3+. The molecule has 2 bridgehead atoms. The van der Waals surface area contributed by atoms with Crippen molar-refractivity contribution in [1.82, 2.24) is 4.98 Å². The van der Waals surface area contributed by atoms with Gasteiger partial charge < -0.3 is 15.2 Å². The Balaban J connectivity index is 1.50. The number of hydrogen-bond donors (Lipinski definition) is 2. The molecule has 2 aromatic rings. The summed E-state index contributed by atoms with van der Waals surface area (Å²) in [6.45, 7) is 1.99. The highest BCUT2D eigenvalue weighted by molar-refractivity contribution is 5.92. The van der Waals surface area contributed by atoms with Gasteiger partial charge in [-0.1, -0.05) is 6.07 Å². The lowest BCUT2D eigenvalue weighted by atomic mass is 9.89. The normalized spacial score (nSPS) is 30.8.